The Hall–Kier alpha value is -1.76. The quantitative estimate of drug-likeness (QED) is 0.0172. The number of ether oxygens (including phenoxy) is 6. The van der Waals surface area contributed by atoms with Crippen molar-refractivity contribution in [3.63, 3.8) is 0 Å². The summed E-state index contributed by atoms with van der Waals surface area (Å²) in [4.78, 5) is 25.8. The monoisotopic (exact) mass is 1000 g/mol. The minimum absolute atomic E-state index is 0.158. The Bertz CT molecular complexity index is 1270. The first-order chi connectivity index (χ1) is 34.0. The lowest BCUT2D eigenvalue weighted by molar-refractivity contribution is -0.332. The first-order valence-electron chi connectivity index (χ1n) is 28.3. The van der Waals surface area contributed by atoms with E-state index < -0.39 is 92.7 Å². The van der Waals surface area contributed by atoms with Crippen LogP contribution in [0.5, 0.6) is 0 Å². The van der Waals surface area contributed by atoms with Crippen molar-refractivity contribution in [1.29, 1.82) is 0 Å². The molecule has 2 aliphatic heterocycles. The first-order valence-corrected chi connectivity index (χ1v) is 28.3. The van der Waals surface area contributed by atoms with Crippen molar-refractivity contribution in [2.75, 3.05) is 26.4 Å². The zero-order valence-electron chi connectivity index (χ0n) is 43.8. The topological polar surface area (TPSA) is 231 Å². The van der Waals surface area contributed by atoms with Gasteiger partial charge in [-0.05, 0) is 32.1 Å². The van der Waals surface area contributed by atoms with Gasteiger partial charge in [-0.2, -0.15) is 0 Å². The van der Waals surface area contributed by atoms with Crippen LogP contribution in [0.2, 0.25) is 0 Å². The van der Waals surface area contributed by atoms with Crippen LogP contribution in [0.4, 0.5) is 0 Å². The molecule has 0 aliphatic carbocycles. The molecule has 0 amide bonds. The van der Waals surface area contributed by atoms with Crippen molar-refractivity contribution in [3.05, 3.63) is 12.2 Å². The lowest BCUT2D eigenvalue weighted by Gasteiger charge is -2.42. The van der Waals surface area contributed by atoms with E-state index in [-0.39, 0.29) is 26.1 Å². The molecule has 2 saturated heterocycles. The third kappa shape index (κ3) is 29.8. The fraction of sp³-hybridized carbons (Fsp3) is 0.927. The molecule has 2 aliphatic rings. The highest BCUT2D eigenvalue weighted by atomic mass is 16.7. The Morgan fingerprint density at radius 1 is 0.443 bits per heavy atom. The average Bonchev–Trinajstić information content (AvgIpc) is 3.35. The standard InChI is InChI=1S/C55H102O15/c1-3-5-7-9-11-13-15-16-17-18-19-20-21-22-23-24-25-26-28-29-31-33-35-37-46(57)65-40-43(68-47(58)38-36-34-32-30-27-14-12-10-8-6-4-2)41-66-54-53(64)51(62)49(60)45(70-54)42-67-55-52(63)50(61)48(59)44(39-56)69-55/h10,12,43-45,48-56,59-64H,3-9,11,13-42H2,1-2H3/b12-10-. The number of aliphatic hydroxyl groups is 7. The van der Waals surface area contributed by atoms with Crippen LogP contribution in [0.25, 0.3) is 0 Å². The molecule has 11 atom stereocenters. The fourth-order valence-electron chi connectivity index (χ4n) is 9.08. The summed E-state index contributed by atoms with van der Waals surface area (Å²) in [5.74, 6) is -0.924. The van der Waals surface area contributed by atoms with Gasteiger partial charge >= 0.3 is 11.9 Å². The molecule has 15 nitrogen and oxygen atoms in total. The molecule has 2 heterocycles. The van der Waals surface area contributed by atoms with Crippen LogP contribution < -0.4 is 0 Å². The van der Waals surface area contributed by atoms with Crippen LogP contribution in [0.3, 0.4) is 0 Å². The summed E-state index contributed by atoms with van der Waals surface area (Å²) in [6, 6.07) is 0. The predicted molar refractivity (Wildman–Crippen MR) is 271 cm³/mol. The summed E-state index contributed by atoms with van der Waals surface area (Å²) < 4.78 is 33.6. The number of hydrogen-bond acceptors (Lipinski definition) is 15. The van der Waals surface area contributed by atoms with E-state index in [1.165, 1.54) is 135 Å². The van der Waals surface area contributed by atoms with Crippen molar-refractivity contribution < 1.29 is 73.8 Å². The number of aliphatic hydroxyl groups excluding tert-OH is 7. The number of allylic oxidation sites excluding steroid dienone is 2. The molecular formula is C55H102O15. The zero-order chi connectivity index (χ0) is 51.0. The second-order valence-electron chi connectivity index (χ2n) is 20.1. The highest BCUT2D eigenvalue weighted by Crippen LogP contribution is 2.27. The molecule has 0 radical (unpaired) electrons. The van der Waals surface area contributed by atoms with E-state index in [0.29, 0.717) is 12.8 Å². The van der Waals surface area contributed by atoms with Gasteiger partial charge in [0.25, 0.3) is 0 Å². The van der Waals surface area contributed by atoms with Gasteiger partial charge < -0.3 is 64.2 Å². The van der Waals surface area contributed by atoms with Gasteiger partial charge in [0.15, 0.2) is 18.7 Å². The minimum Gasteiger partial charge on any atom is -0.462 e. The van der Waals surface area contributed by atoms with Gasteiger partial charge in [0.05, 0.1) is 19.8 Å². The first kappa shape index (κ1) is 64.4. The van der Waals surface area contributed by atoms with E-state index in [0.717, 1.165) is 57.8 Å². The summed E-state index contributed by atoms with van der Waals surface area (Å²) in [5.41, 5.74) is 0. The predicted octanol–water partition coefficient (Wildman–Crippen LogP) is 8.94. The van der Waals surface area contributed by atoms with E-state index >= 15 is 0 Å². The molecule has 2 fully saturated rings. The highest BCUT2D eigenvalue weighted by molar-refractivity contribution is 5.70. The highest BCUT2D eigenvalue weighted by Gasteiger charge is 2.47. The number of carbonyl (C=O) groups is 2. The number of esters is 2. The molecule has 0 spiro atoms. The molecule has 7 N–H and O–H groups in total. The van der Waals surface area contributed by atoms with E-state index in [1.54, 1.807) is 0 Å². The normalized spacial score (nSPS) is 25.4. The maximum atomic E-state index is 13.0. The van der Waals surface area contributed by atoms with Crippen LogP contribution in [-0.4, -0.2) is 142 Å². The Kier molecular flexibility index (Phi) is 39.1. The Labute approximate surface area is 422 Å². The number of rotatable bonds is 45. The van der Waals surface area contributed by atoms with Crippen molar-refractivity contribution in [2.24, 2.45) is 0 Å². The van der Waals surface area contributed by atoms with Crippen LogP contribution in [0, 0.1) is 0 Å². The maximum absolute atomic E-state index is 13.0. The number of unbranched alkanes of at least 4 members (excludes halogenated alkanes) is 29. The lowest BCUT2D eigenvalue weighted by atomic mass is 9.98. The smallest absolute Gasteiger partial charge is 0.306 e. The van der Waals surface area contributed by atoms with Crippen LogP contribution in [0.1, 0.15) is 232 Å². The molecule has 0 aromatic heterocycles. The Morgan fingerprint density at radius 2 is 0.829 bits per heavy atom. The van der Waals surface area contributed by atoms with E-state index in [9.17, 15) is 45.3 Å². The molecule has 0 aromatic rings. The second-order valence-corrected chi connectivity index (χ2v) is 20.1. The Morgan fingerprint density at radius 3 is 1.30 bits per heavy atom. The van der Waals surface area contributed by atoms with E-state index in [1.807, 2.05) is 0 Å². The fourth-order valence-corrected chi connectivity index (χ4v) is 9.08. The molecule has 412 valence electrons. The SMILES string of the molecule is CCCC/C=C\CCCCCCCC(=O)OC(COC(=O)CCCCCCCCCCCCCCCCCCCCCCCCC)COC1OC(COC2OC(CO)C(O)C(O)C2O)C(O)C(O)C1O. The number of hydrogen-bond donors (Lipinski definition) is 7. The van der Waals surface area contributed by atoms with E-state index in [4.69, 9.17) is 28.4 Å². The summed E-state index contributed by atoms with van der Waals surface area (Å²) in [6.07, 6.45) is 26.9. The molecule has 0 saturated carbocycles. The molecular weight excluding hydrogens is 901 g/mol. The van der Waals surface area contributed by atoms with Gasteiger partial charge in [-0.1, -0.05) is 199 Å². The largest absolute Gasteiger partial charge is 0.462 e. The van der Waals surface area contributed by atoms with Crippen LogP contribution in [-0.2, 0) is 38.0 Å². The lowest BCUT2D eigenvalue weighted by Crippen LogP contribution is -2.61. The van der Waals surface area contributed by atoms with Gasteiger partial charge in [-0.25, -0.2) is 0 Å². The maximum Gasteiger partial charge on any atom is 0.306 e. The number of carbonyl (C=O) groups excluding carboxylic acids is 2. The minimum atomic E-state index is -1.76. The second kappa shape index (κ2) is 42.6. The summed E-state index contributed by atoms with van der Waals surface area (Å²) >= 11 is 0. The van der Waals surface area contributed by atoms with Crippen LogP contribution in [0.15, 0.2) is 12.2 Å². The Balaban J connectivity index is 1.70. The van der Waals surface area contributed by atoms with Gasteiger partial charge in [-0.3, -0.25) is 9.59 Å². The molecule has 70 heavy (non-hydrogen) atoms. The third-order valence-corrected chi connectivity index (χ3v) is 13.7. The van der Waals surface area contributed by atoms with Gasteiger partial charge in [0.1, 0.15) is 55.4 Å². The van der Waals surface area contributed by atoms with Crippen molar-refractivity contribution in [1.82, 2.24) is 0 Å². The molecule has 15 heteroatoms. The summed E-state index contributed by atoms with van der Waals surface area (Å²) in [5, 5.41) is 72.1. The molecule has 0 bridgehead atoms. The molecule has 2 rings (SSSR count). The summed E-state index contributed by atoms with van der Waals surface area (Å²) in [7, 11) is 0. The van der Waals surface area contributed by atoms with Crippen molar-refractivity contribution >= 4 is 11.9 Å². The van der Waals surface area contributed by atoms with Gasteiger partial charge in [0, 0.05) is 12.8 Å². The van der Waals surface area contributed by atoms with E-state index in [2.05, 4.69) is 26.0 Å². The zero-order valence-corrected chi connectivity index (χ0v) is 43.8. The molecule has 0 aromatic carbocycles. The third-order valence-electron chi connectivity index (χ3n) is 13.7. The molecule has 11 unspecified atom stereocenters. The average molecular weight is 1000 g/mol. The van der Waals surface area contributed by atoms with Crippen molar-refractivity contribution in [2.45, 2.75) is 300 Å². The van der Waals surface area contributed by atoms with Gasteiger partial charge in [-0.15, -0.1) is 0 Å². The summed E-state index contributed by atoms with van der Waals surface area (Å²) in [6.45, 7) is 2.58. The van der Waals surface area contributed by atoms with Crippen LogP contribution >= 0.6 is 0 Å². The van der Waals surface area contributed by atoms with Gasteiger partial charge in [0.2, 0.25) is 0 Å². The van der Waals surface area contributed by atoms with Crippen molar-refractivity contribution in [3.8, 4) is 0 Å².